The lowest BCUT2D eigenvalue weighted by Gasteiger charge is -2.23. The molecule has 6 heteroatoms. The van der Waals surface area contributed by atoms with Gasteiger partial charge in [0.15, 0.2) is 0 Å². The number of pyridine rings is 1. The summed E-state index contributed by atoms with van der Waals surface area (Å²) >= 11 is 0. The molecule has 1 aromatic rings. The quantitative estimate of drug-likeness (QED) is 0.761. The summed E-state index contributed by atoms with van der Waals surface area (Å²) in [6, 6.07) is 1.59. The van der Waals surface area contributed by atoms with Crippen LogP contribution in [0.3, 0.4) is 0 Å². The molecule has 0 aliphatic carbocycles. The van der Waals surface area contributed by atoms with Crippen LogP contribution in [0, 0.1) is 0 Å². The number of hydrogen-bond acceptors (Lipinski definition) is 5. The first kappa shape index (κ1) is 11.8. The highest BCUT2D eigenvalue weighted by molar-refractivity contribution is 5.98. The van der Waals surface area contributed by atoms with Crippen LogP contribution in [0.15, 0.2) is 18.5 Å². The fraction of sp³-hybridized carbons (Fsp3) is 0.455. The number of ether oxygens (including phenoxy) is 2. The Morgan fingerprint density at radius 2 is 2.47 bits per heavy atom. The van der Waals surface area contributed by atoms with E-state index in [0.717, 1.165) is 0 Å². The first-order valence-corrected chi connectivity index (χ1v) is 5.44. The lowest BCUT2D eigenvalue weighted by Crippen LogP contribution is -2.39. The van der Waals surface area contributed by atoms with Crippen LogP contribution in [0.1, 0.15) is 10.4 Å². The zero-order valence-corrected chi connectivity index (χ0v) is 9.39. The molecule has 1 saturated heterocycles. The SMILES string of the molecule is Nc1cnccc1C(=O)NCC1COCCO1. The molecule has 17 heavy (non-hydrogen) atoms. The normalized spacial score (nSPS) is 19.9. The Labute approximate surface area is 99.1 Å². The van der Waals surface area contributed by atoms with Gasteiger partial charge in [0.05, 0.1) is 43.4 Å². The van der Waals surface area contributed by atoms with Crippen LogP contribution in [0.4, 0.5) is 5.69 Å². The second kappa shape index (κ2) is 5.60. The molecule has 0 radical (unpaired) electrons. The minimum atomic E-state index is -0.223. The summed E-state index contributed by atoms with van der Waals surface area (Å²) in [5.41, 5.74) is 6.44. The fourth-order valence-corrected chi connectivity index (χ4v) is 1.57. The maximum atomic E-state index is 11.8. The first-order valence-electron chi connectivity index (χ1n) is 5.44. The predicted octanol–water partition coefficient (Wildman–Crippen LogP) is -0.191. The Balaban J connectivity index is 1.87. The number of hydrogen-bond donors (Lipinski definition) is 2. The van der Waals surface area contributed by atoms with E-state index in [1.54, 1.807) is 6.07 Å². The Morgan fingerprint density at radius 1 is 1.59 bits per heavy atom. The Hall–Kier alpha value is -1.66. The summed E-state index contributed by atoms with van der Waals surface area (Å²) in [5, 5.41) is 2.76. The zero-order chi connectivity index (χ0) is 12.1. The van der Waals surface area contributed by atoms with E-state index >= 15 is 0 Å². The highest BCUT2D eigenvalue weighted by Crippen LogP contribution is 2.08. The second-order valence-electron chi connectivity index (χ2n) is 3.74. The minimum Gasteiger partial charge on any atom is -0.397 e. The number of anilines is 1. The van der Waals surface area contributed by atoms with Gasteiger partial charge in [-0.15, -0.1) is 0 Å². The topological polar surface area (TPSA) is 86.5 Å². The molecule has 2 heterocycles. The predicted molar refractivity (Wildman–Crippen MR) is 61.5 cm³/mol. The van der Waals surface area contributed by atoms with Gasteiger partial charge in [-0.25, -0.2) is 0 Å². The van der Waals surface area contributed by atoms with Crippen LogP contribution in [0.5, 0.6) is 0 Å². The highest BCUT2D eigenvalue weighted by Gasteiger charge is 2.16. The smallest absolute Gasteiger partial charge is 0.253 e. The third-order valence-corrected chi connectivity index (χ3v) is 2.47. The number of rotatable bonds is 3. The molecule has 1 aliphatic rings. The standard InChI is InChI=1S/C11H15N3O3/c12-10-6-13-2-1-9(10)11(15)14-5-8-7-16-3-4-17-8/h1-2,6,8H,3-5,7,12H2,(H,14,15). The van der Waals surface area contributed by atoms with Gasteiger partial charge in [0.25, 0.3) is 5.91 Å². The number of amides is 1. The van der Waals surface area contributed by atoms with Gasteiger partial charge in [-0.2, -0.15) is 0 Å². The van der Waals surface area contributed by atoms with Crippen molar-refractivity contribution in [2.75, 3.05) is 32.1 Å². The molecule has 1 aliphatic heterocycles. The number of aromatic nitrogens is 1. The highest BCUT2D eigenvalue weighted by atomic mass is 16.6. The summed E-state index contributed by atoms with van der Waals surface area (Å²) in [6.07, 6.45) is 2.90. The van der Waals surface area contributed by atoms with E-state index in [1.165, 1.54) is 12.4 Å². The third kappa shape index (κ3) is 3.15. The molecule has 1 fully saturated rings. The summed E-state index contributed by atoms with van der Waals surface area (Å²) in [5.74, 6) is -0.223. The summed E-state index contributed by atoms with van der Waals surface area (Å²) in [7, 11) is 0. The molecule has 0 spiro atoms. The number of nitrogens with one attached hydrogen (secondary N) is 1. The van der Waals surface area contributed by atoms with E-state index in [2.05, 4.69) is 10.3 Å². The molecule has 6 nitrogen and oxygen atoms in total. The second-order valence-corrected chi connectivity index (χ2v) is 3.74. The number of carbonyl (C=O) groups is 1. The average molecular weight is 237 g/mol. The van der Waals surface area contributed by atoms with Crippen molar-refractivity contribution >= 4 is 11.6 Å². The first-order chi connectivity index (χ1) is 8.27. The van der Waals surface area contributed by atoms with Crippen molar-refractivity contribution in [3.05, 3.63) is 24.0 Å². The molecular weight excluding hydrogens is 222 g/mol. The monoisotopic (exact) mass is 237 g/mol. The van der Waals surface area contributed by atoms with Gasteiger partial charge < -0.3 is 20.5 Å². The average Bonchev–Trinajstić information content (AvgIpc) is 2.38. The Kier molecular flexibility index (Phi) is 3.89. The zero-order valence-electron chi connectivity index (χ0n) is 9.39. The van der Waals surface area contributed by atoms with Gasteiger partial charge in [-0.3, -0.25) is 9.78 Å². The number of nitrogen functional groups attached to an aromatic ring is 1. The maximum Gasteiger partial charge on any atom is 0.253 e. The van der Waals surface area contributed by atoms with Gasteiger partial charge in [-0.05, 0) is 6.07 Å². The molecule has 1 aromatic heterocycles. The van der Waals surface area contributed by atoms with Gasteiger partial charge in [0.2, 0.25) is 0 Å². The lowest BCUT2D eigenvalue weighted by molar-refractivity contribution is -0.0855. The van der Waals surface area contributed by atoms with Crippen molar-refractivity contribution in [3.8, 4) is 0 Å². The van der Waals surface area contributed by atoms with E-state index in [9.17, 15) is 4.79 Å². The lowest BCUT2D eigenvalue weighted by atomic mass is 10.2. The van der Waals surface area contributed by atoms with Gasteiger partial charge in [-0.1, -0.05) is 0 Å². The van der Waals surface area contributed by atoms with Crippen LogP contribution in [0.2, 0.25) is 0 Å². The largest absolute Gasteiger partial charge is 0.397 e. The van der Waals surface area contributed by atoms with Crippen LogP contribution in [-0.4, -0.2) is 43.4 Å². The molecule has 1 unspecified atom stereocenters. The number of nitrogens with two attached hydrogens (primary N) is 1. The molecular formula is C11H15N3O3. The van der Waals surface area contributed by atoms with Crippen LogP contribution < -0.4 is 11.1 Å². The van der Waals surface area contributed by atoms with Crippen molar-refractivity contribution < 1.29 is 14.3 Å². The van der Waals surface area contributed by atoms with Gasteiger partial charge in [0, 0.05) is 12.7 Å². The summed E-state index contributed by atoms with van der Waals surface area (Å²) in [4.78, 5) is 15.6. The van der Waals surface area contributed by atoms with Gasteiger partial charge >= 0.3 is 0 Å². The van der Waals surface area contributed by atoms with Crippen LogP contribution >= 0.6 is 0 Å². The third-order valence-electron chi connectivity index (χ3n) is 2.47. The van der Waals surface area contributed by atoms with Crippen molar-refractivity contribution in [2.24, 2.45) is 0 Å². The van der Waals surface area contributed by atoms with Crippen molar-refractivity contribution in [2.45, 2.75) is 6.10 Å². The van der Waals surface area contributed by atoms with Crippen molar-refractivity contribution in [3.63, 3.8) is 0 Å². The van der Waals surface area contributed by atoms with Gasteiger partial charge in [0.1, 0.15) is 0 Å². The molecule has 0 aromatic carbocycles. The van der Waals surface area contributed by atoms with E-state index < -0.39 is 0 Å². The Morgan fingerprint density at radius 3 is 3.18 bits per heavy atom. The number of nitrogens with zero attached hydrogens (tertiary/aromatic N) is 1. The summed E-state index contributed by atoms with van der Waals surface area (Å²) in [6.45, 7) is 2.10. The molecule has 1 amide bonds. The van der Waals surface area contributed by atoms with E-state index in [0.29, 0.717) is 37.6 Å². The Bertz CT molecular complexity index is 391. The van der Waals surface area contributed by atoms with Crippen LogP contribution in [-0.2, 0) is 9.47 Å². The van der Waals surface area contributed by atoms with E-state index in [-0.39, 0.29) is 12.0 Å². The number of carbonyl (C=O) groups excluding carboxylic acids is 1. The molecule has 1 atom stereocenters. The molecule has 0 bridgehead atoms. The summed E-state index contributed by atoms with van der Waals surface area (Å²) < 4.78 is 10.6. The molecule has 2 rings (SSSR count). The van der Waals surface area contributed by atoms with E-state index in [4.69, 9.17) is 15.2 Å². The van der Waals surface area contributed by atoms with Crippen molar-refractivity contribution in [1.29, 1.82) is 0 Å². The maximum absolute atomic E-state index is 11.8. The van der Waals surface area contributed by atoms with Crippen molar-refractivity contribution in [1.82, 2.24) is 10.3 Å². The molecule has 92 valence electrons. The van der Waals surface area contributed by atoms with Crippen LogP contribution in [0.25, 0.3) is 0 Å². The minimum absolute atomic E-state index is 0.0873. The van der Waals surface area contributed by atoms with E-state index in [1.807, 2.05) is 0 Å². The molecule has 3 N–H and O–H groups in total. The molecule has 0 saturated carbocycles. The fourth-order valence-electron chi connectivity index (χ4n) is 1.57.